The van der Waals surface area contributed by atoms with Gasteiger partial charge in [-0.15, -0.1) is 0 Å². The van der Waals surface area contributed by atoms with E-state index in [-0.39, 0.29) is 29.7 Å². The molecule has 3 atom stereocenters. The van der Waals surface area contributed by atoms with Crippen LogP contribution in [0.4, 0.5) is 0 Å². The van der Waals surface area contributed by atoms with Crippen molar-refractivity contribution in [2.24, 2.45) is 11.8 Å². The summed E-state index contributed by atoms with van der Waals surface area (Å²) in [6.45, 7) is 6.10. The number of carbonyl (C=O) groups excluding carboxylic acids is 2. The quantitative estimate of drug-likeness (QED) is 0.676. The van der Waals surface area contributed by atoms with Gasteiger partial charge in [0.1, 0.15) is 11.5 Å². The van der Waals surface area contributed by atoms with Crippen molar-refractivity contribution in [1.82, 2.24) is 10.6 Å². The summed E-state index contributed by atoms with van der Waals surface area (Å²) in [5, 5.41) is 5.57. The van der Waals surface area contributed by atoms with E-state index in [1.165, 1.54) is 6.08 Å². The summed E-state index contributed by atoms with van der Waals surface area (Å²) in [6.07, 6.45) is 3.14. The lowest BCUT2D eigenvalue weighted by Crippen LogP contribution is -2.43. The first-order valence-electron chi connectivity index (χ1n) is 6.51. The van der Waals surface area contributed by atoms with E-state index in [4.69, 9.17) is 0 Å². The molecular weight excluding hydrogens is 264 g/mol. The second-order valence-corrected chi connectivity index (χ2v) is 6.76. The molecule has 0 saturated carbocycles. The van der Waals surface area contributed by atoms with Gasteiger partial charge in [-0.1, -0.05) is 31.1 Å². The maximum Gasteiger partial charge on any atom is 0.243 e. The molecule has 1 heterocycles. The highest BCUT2D eigenvalue weighted by Gasteiger charge is 2.23. The third-order valence-corrected chi connectivity index (χ3v) is 4.53. The van der Waals surface area contributed by atoms with Crippen LogP contribution in [0.25, 0.3) is 0 Å². The Morgan fingerprint density at radius 1 is 1.42 bits per heavy atom. The Bertz CT molecular complexity index is 358. The van der Waals surface area contributed by atoms with Gasteiger partial charge in [-0.25, -0.2) is 0 Å². The molecule has 2 N–H and O–H groups in total. The van der Waals surface area contributed by atoms with Crippen LogP contribution in [0.1, 0.15) is 20.8 Å². The Kier molecular flexibility index (Phi) is 6.37. The van der Waals surface area contributed by atoms with Crippen LogP contribution in [-0.4, -0.2) is 40.5 Å². The summed E-state index contributed by atoms with van der Waals surface area (Å²) in [6, 6.07) is -0.187. The van der Waals surface area contributed by atoms with Gasteiger partial charge in [-0.2, -0.15) is 0 Å². The van der Waals surface area contributed by atoms with E-state index in [9.17, 15) is 14.1 Å². The average molecular weight is 286 g/mol. The summed E-state index contributed by atoms with van der Waals surface area (Å²) in [5.74, 6) is 0.281. The topological polar surface area (TPSA) is 81.3 Å². The van der Waals surface area contributed by atoms with Gasteiger partial charge >= 0.3 is 0 Å². The van der Waals surface area contributed by atoms with Gasteiger partial charge in [0.25, 0.3) is 0 Å². The highest BCUT2D eigenvalue weighted by atomic mass is 32.2. The van der Waals surface area contributed by atoms with Gasteiger partial charge in [0.05, 0.1) is 12.5 Å². The van der Waals surface area contributed by atoms with Crippen molar-refractivity contribution < 1.29 is 14.1 Å². The maximum absolute atomic E-state index is 12.0. The van der Waals surface area contributed by atoms with Crippen molar-refractivity contribution in [3.8, 4) is 0 Å². The third-order valence-electron chi connectivity index (χ3n) is 2.99. The van der Waals surface area contributed by atoms with E-state index in [2.05, 4.69) is 10.6 Å². The fourth-order valence-electron chi connectivity index (χ4n) is 1.72. The van der Waals surface area contributed by atoms with Gasteiger partial charge in [0.15, 0.2) is 0 Å². The van der Waals surface area contributed by atoms with Crippen LogP contribution in [0, 0.1) is 11.8 Å². The van der Waals surface area contributed by atoms with Crippen molar-refractivity contribution in [3.05, 3.63) is 12.2 Å². The minimum Gasteiger partial charge on any atom is -0.616 e. The molecule has 0 radical (unpaired) electrons. The van der Waals surface area contributed by atoms with E-state index < -0.39 is 11.2 Å². The number of amides is 2. The molecule has 6 heteroatoms. The first-order valence-corrected chi connectivity index (χ1v) is 8.00. The molecule has 1 unspecified atom stereocenters. The summed E-state index contributed by atoms with van der Waals surface area (Å²) in [4.78, 5) is 23.5. The van der Waals surface area contributed by atoms with Crippen molar-refractivity contribution in [2.45, 2.75) is 26.8 Å². The largest absolute Gasteiger partial charge is 0.616 e. The van der Waals surface area contributed by atoms with E-state index in [1.54, 1.807) is 13.0 Å². The highest BCUT2D eigenvalue weighted by Crippen LogP contribution is 2.08. The normalized spacial score (nSPS) is 31.9. The third kappa shape index (κ3) is 5.65. The molecule has 0 aliphatic carbocycles. The lowest BCUT2D eigenvalue weighted by molar-refractivity contribution is -0.124. The van der Waals surface area contributed by atoms with E-state index >= 15 is 0 Å². The maximum atomic E-state index is 12.0. The van der Waals surface area contributed by atoms with E-state index in [0.717, 1.165) is 0 Å². The molecule has 1 rings (SSSR count). The second-order valence-electron chi connectivity index (χ2n) is 5.14. The molecule has 0 saturated heterocycles. The summed E-state index contributed by atoms with van der Waals surface area (Å²) in [5.41, 5.74) is 0. The van der Waals surface area contributed by atoms with Crippen LogP contribution in [0.15, 0.2) is 12.2 Å². The van der Waals surface area contributed by atoms with Gasteiger partial charge in [-0.3, -0.25) is 9.59 Å². The smallest absolute Gasteiger partial charge is 0.243 e. The van der Waals surface area contributed by atoms with Crippen LogP contribution >= 0.6 is 0 Å². The summed E-state index contributed by atoms with van der Waals surface area (Å²) >= 11 is -1.09. The predicted octanol–water partition coefficient (Wildman–Crippen LogP) is 0.198. The molecule has 0 spiro atoms. The lowest BCUT2D eigenvalue weighted by Gasteiger charge is -2.22. The number of hydrogen-bond acceptors (Lipinski definition) is 3. The Labute approximate surface area is 117 Å². The van der Waals surface area contributed by atoms with E-state index in [0.29, 0.717) is 18.1 Å². The molecule has 0 aromatic carbocycles. The predicted molar refractivity (Wildman–Crippen MR) is 76.0 cm³/mol. The van der Waals surface area contributed by atoms with Crippen molar-refractivity contribution >= 4 is 23.0 Å². The zero-order valence-corrected chi connectivity index (χ0v) is 12.5. The van der Waals surface area contributed by atoms with Crippen molar-refractivity contribution in [1.29, 1.82) is 0 Å². The second kappa shape index (κ2) is 7.55. The number of carbonyl (C=O) groups is 2. The fourth-order valence-corrected chi connectivity index (χ4v) is 2.92. The first kappa shape index (κ1) is 16.0. The van der Waals surface area contributed by atoms with Crippen LogP contribution < -0.4 is 10.6 Å². The number of rotatable bonds is 1. The Morgan fingerprint density at radius 3 is 2.74 bits per heavy atom. The molecule has 0 aromatic rings. The fraction of sp³-hybridized carbons (Fsp3) is 0.692. The molecule has 19 heavy (non-hydrogen) atoms. The molecule has 0 bridgehead atoms. The summed E-state index contributed by atoms with van der Waals surface area (Å²) < 4.78 is 11.7. The average Bonchev–Trinajstić information content (AvgIpc) is 2.32. The Morgan fingerprint density at radius 2 is 2.11 bits per heavy atom. The molecule has 0 aromatic heterocycles. The molecule has 1 aliphatic heterocycles. The van der Waals surface area contributed by atoms with E-state index in [1.807, 2.05) is 13.8 Å². The first-order chi connectivity index (χ1) is 8.90. The standard InChI is InChI=1S/C13H22N2O3S/c1-9(2)11-4-5-12(16)14-6-7-19(18)8-10(3)13(17)15-11/h4-5,9-11H,6-8H2,1-3H3,(H,14,16)(H,15,17)/b5-4+/t10-,11+,19?/m0/s1. The molecule has 0 fully saturated rings. The SMILES string of the molecule is CC(C)[C@H]1/C=C/C(=O)NCC[S+]([O-])C[C@H](C)C(=O)N1. The van der Waals surface area contributed by atoms with Crippen LogP contribution in [-0.2, 0) is 20.8 Å². The van der Waals surface area contributed by atoms with Crippen LogP contribution in [0.3, 0.4) is 0 Å². The molecule has 108 valence electrons. The molecular formula is C13H22N2O3S. The van der Waals surface area contributed by atoms with Crippen LogP contribution in [0.2, 0.25) is 0 Å². The molecule has 1 aliphatic rings. The minimum atomic E-state index is -1.09. The van der Waals surface area contributed by atoms with Crippen molar-refractivity contribution in [3.63, 3.8) is 0 Å². The summed E-state index contributed by atoms with van der Waals surface area (Å²) in [7, 11) is 0. The minimum absolute atomic E-state index is 0.113. The Hall–Kier alpha value is -1.01. The van der Waals surface area contributed by atoms with Crippen LogP contribution in [0.5, 0.6) is 0 Å². The molecule has 5 nitrogen and oxygen atoms in total. The van der Waals surface area contributed by atoms with Gasteiger partial charge in [0.2, 0.25) is 11.8 Å². The van der Waals surface area contributed by atoms with Gasteiger partial charge in [-0.05, 0) is 12.8 Å². The monoisotopic (exact) mass is 286 g/mol. The Balaban J connectivity index is 2.82. The van der Waals surface area contributed by atoms with Crippen molar-refractivity contribution in [2.75, 3.05) is 18.1 Å². The molecule has 2 amide bonds. The number of nitrogens with one attached hydrogen (secondary N) is 2. The number of hydrogen-bond donors (Lipinski definition) is 2. The lowest BCUT2D eigenvalue weighted by atomic mass is 10.0. The highest BCUT2D eigenvalue weighted by molar-refractivity contribution is 7.91. The zero-order valence-electron chi connectivity index (χ0n) is 11.6. The van der Waals surface area contributed by atoms with Gasteiger partial charge in [0, 0.05) is 12.1 Å². The van der Waals surface area contributed by atoms with Gasteiger partial charge < -0.3 is 15.2 Å². The zero-order chi connectivity index (χ0) is 14.4.